The largest absolute Gasteiger partial charge is 0.496 e. The van der Waals surface area contributed by atoms with Crippen LogP contribution in [0, 0.1) is 11.7 Å². The molecule has 9 heteroatoms. The zero-order chi connectivity index (χ0) is 24.2. The number of methoxy groups -OCH3 is 1. The van der Waals surface area contributed by atoms with Crippen LogP contribution in [0.3, 0.4) is 0 Å². The second kappa shape index (κ2) is 9.94. The lowest BCUT2D eigenvalue weighted by Crippen LogP contribution is -2.47. The van der Waals surface area contributed by atoms with Crippen LogP contribution in [0.5, 0.6) is 5.75 Å². The number of aromatic nitrogens is 2. The van der Waals surface area contributed by atoms with Gasteiger partial charge in [0.25, 0.3) is 0 Å². The molecule has 1 fully saturated rings. The minimum atomic E-state index is -0.519. The van der Waals surface area contributed by atoms with Crippen LogP contribution in [-0.4, -0.2) is 35.6 Å². The molecular formula is C25H29FN6O2. The summed E-state index contributed by atoms with van der Waals surface area (Å²) in [5, 5.41) is 3.03. The van der Waals surface area contributed by atoms with Gasteiger partial charge in [-0.1, -0.05) is 24.3 Å². The van der Waals surface area contributed by atoms with Crippen molar-refractivity contribution < 1.29 is 13.9 Å². The van der Waals surface area contributed by atoms with E-state index in [1.807, 2.05) is 24.3 Å². The van der Waals surface area contributed by atoms with Crippen molar-refractivity contribution in [3.05, 3.63) is 59.9 Å². The molecule has 0 saturated carbocycles. The highest BCUT2D eigenvalue weighted by atomic mass is 19.1. The van der Waals surface area contributed by atoms with E-state index < -0.39 is 5.82 Å². The van der Waals surface area contributed by atoms with Crippen molar-refractivity contribution in [2.24, 2.45) is 5.92 Å². The van der Waals surface area contributed by atoms with Crippen LogP contribution in [0.1, 0.15) is 25.3 Å². The summed E-state index contributed by atoms with van der Waals surface area (Å²) in [6, 6.07) is 14.1. The first-order valence-electron chi connectivity index (χ1n) is 11.2. The van der Waals surface area contributed by atoms with Crippen molar-refractivity contribution in [1.29, 1.82) is 0 Å². The Labute approximate surface area is 198 Å². The smallest absolute Gasteiger partial charge is 0.225 e. The van der Waals surface area contributed by atoms with E-state index in [0.29, 0.717) is 30.2 Å². The second-order valence-electron chi connectivity index (χ2n) is 8.51. The zero-order valence-electron chi connectivity index (χ0n) is 19.3. The summed E-state index contributed by atoms with van der Waals surface area (Å²) in [6.45, 7) is 2.97. The minimum absolute atomic E-state index is 0.0225. The molecule has 0 aliphatic carbocycles. The molecule has 0 bridgehead atoms. The lowest BCUT2D eigenvalue weighted by Gasteiger charge is -2.38. The molecule has 178 valence electrons. The predicted molar refractivity (Wildman–Crippen MR) is 131 cm³/mol. The summed E-state index contributed by atoms with van der Waals surface area (Å²) in [6.07, 6.45) is 1.59. The zero-order valence-corrected chi connectivity index (χ0v) is 19.3. The van der Waals surface area contributed by atoms with Gasteiger partial charge in [0.05, 0.1) is 24.4 Å². The number of nitrogens with two attached hydrogens (primary N) is 2. The number of hydrogen-bond acceptors (Lipinski definition) is 7. The number of nitrogens with one attached hydrogen (secondary N) is 1. The topological polar surface area (TPSA) is 119 Å². The number of para-hydroxylation sites is 1. The van der Waals surface area contributed by atoms with Gasteiger partial charge in [-0.15, -0.1) is 0 Å². The molecule has 0 radical (unpaired) electrons. The van der Waals surface area contributed by atoms with Crippen molar-refractivity contribution in [3.8, 4) is 17.0 Å². The monoisotopic (exact) mass is 464 g/mol. The summed E-state index contributed by atoms with van der Waals surface area (Å²) in [4.78, 5) is 23.7. The highest BCUT2D eigenvalue weighted by molar-refractivity contribution is 5.80. The number of rotatable bonds is 6. The fourth-order valence-corrected chi connectivity index (χ4v) is 4.25. The molecule has 0 unspecified atom stereocenters. The van der Waals surface area contributed by atoms with Crippen LogP contribution in [0.25, 0.3) is 11.3 Å². The highest BCUT2D eigenvalue weighted by Gasteiger charge is 2.31. The third-order valence-electron chi connectivity index (χ3n) is 6.22. The Hall–Kier alpha value is -3.88. The van der Waals surface area contributed by atoms with Crippen LogP contribution in [0.15, 0.2) is 48.5 Å². The summed E-state index contributed by atoms with van der Waals surface area (Å²) < 4.78 is 19.4. The number of amides is 1. The molecule has 2 heterocycles. The number of carbonyl (C=O) groups excluding carboxylic acids is 1. The van der Waals surface area contributed by atoms with Crippen molar-refractivity contribution in [1.82, 2.24) is 15.3 Å². The lowest BCUT2D eigenvalue weighted by molar-refractivity contribution is -0.125. The van der Waals surface area contributed by atoms with Crippen molar-refractivity contribution in [2.45, 2.75) is 32.4 Å². The number of ether oxygens (including phenoxy) is 1. The molecule has 2 atom stereocenters. The van der Waals surface area contributed by atoms with E-state index in [4.69, 9.17) is 16.2 Å². The van der Waals surface area contributed by atoms with E-state index >= 15 is 0 Å². The van der Waals surface area contributed by atoms with Gasteiger partial charge in [0, 0.05) is 36.3 Å². The molecule has 1 aliphatic heterocycles. The Morgan fingerprint density at radius 2 is 1.97 bits per heavy atom. The summed E-state index contributed by atoms with van der Waals surface area (Å²) in [5.74, 6) is 0.679. The molecule has 8 nitrogen and oxygen atoms in total. The average Bonchev–Trinajstić information content (AvgIpc) is 2.84. The minimum Gasteiger partial charge on any atom is -0.496 e. The Bertz CT molecular complexity index is 1190. The van der Waals surface area contributed by atoms with Gasteiger partial charge >= 0.3 is 0 Å². The average molecular weight is 465 g/mol. The maximum Gasteiger partial charge on any atom is 0.225 e. The van der Waals surface area contributed by atoms with Gasteiger partial charge < -0.3 is 26.4 Å². The molecule has 1 aromatic heterocycles. The number of nitrogen functional groups attached to an aromatic ring is 2. The van der Waals surface area contributed by atoms with E-state index in [9.17, 15) is 9.18 Å². The van der Waals surface area contributed by atoms with E-state index in [-0.39, 0.29) is 29.5 Å². The second-order valence-corrected chi connectivity index (χ2v) is 8.51. The third-order valence-corrected chi connectivity index (χ3v) is 6.22. The highest BCUT2D eigenvalue weighted by Crippen LogP contribution is 2.30. The van der Waals surface area contributed by atoms with Gasteiger partial charge in [-0.25, -0.2) is 9.37 Å². The summed E-state index contributed by atoms with van der Waals surface area (Å²) >= 11 is 0. The first kappa shape index (κ1) is 23.3. The van der Waals surface area contributed by atoms with E-state index in [0.717, 1.165) is 24.2 Å². The molecule has 1 amide bonds. The van der Waals surface area contributed by atoms with Gasteiger partial charge in [-0.2, -0.15) is 4.98 Å². The number of carbonyl (C=O) groups is 1. The van der Waals surface area contributed by atoms with Gasteiger partial charge in [-0.05, 0) is 38.0 Å². The predicted octanol–water partition coefficient (Wildman–Crippen LogP) is 3.38. The van der Waals surface area contributed by atoms with Crippen molar-refractivity contribution in [3.63, 3.8) is 0 Å². The fourth-order valence-electron chi connectivity index (χ4n) is 4.25. The Kier molecular flexibility index (Phi) is 6.81. The van der Waals surface area contributed by atoms with Gasteiger partial charge in [0.15, 0.2) is 0 Å². The number of anilines is 3. The number of hydrogen-bond donors (Lipinski definition) is 3. The summed E-state index contributed by atoms with van der Waals surface area (Å²) in [7, 11) is 1.61. The normalized spacial score (nSPS) is 17.9. The van der Waals surface area contributed by atoms with Crippen LogP contribution in [0.4, 0.5) is 21.8 Å². The van der Waals surface area contributed by atoms with Gasteiger partial charge in [0.2, 0.25) is 11.9 Å². The van der Waals surface area contributed by atoms with Crippen molar-refractivity contribution in [2.75, 3.05) is 30.0 Å². The fraction of sp³-hybridized carbons (Fsp3) is 0.320. The lowest BCUT2D eigenvalue weighted by atomic mass is 9.92. The first-order valence-corrected chi connectivity index (χ1v) is 11.2. The Morgan fingerprint density at radius 3 is 2.74 bits per heavy atom. The number of benzene rings is 2. The van der Waals surface area contributed by atoms with Gasteiger partial charge in [0.1, 0.15) is 17.4 Å². The molecule has 34 heavy (non-hydrogen) atoms. The summed E-state index contributed by atoms with van der Waals surface area (Å²) in [5.41, 5.74) is 13.6. The molecule has 3 aromatic rings. The number of halogens is 1. The quantitative estimate of drug-likeness (QED) is 0.479. The number of piperidine rings is 1. The molecule has 5 N–H and O–H groups in total. The van der Waals surface area contributed by atoms with Gasteiger partial charge in [-0.3, -0.25) is 4.79 Å². The van der Waals surface area contributed by atoms with Crippen molar-refractivity contribution >= 4 is 23.4 Å². The Morgan fingerprint density at radius 1 is 1.18 bits per heavy atom. The molecular weight excluding hydrogens is 435 g/mol. The van der Waals surface area contributed by atoms with Crippen LogP contribution in [-0.2, 0) is 11.3 Å². The SMILES string of the molecule is COc1ccccc1CNC(=O)[C@H]1CC[C@@H](C)N(c2cc(-c3ccc(N)c(F)c3)nc(N)n2)C1. The van der Waals surface area contributed by atoms with Crippen LogP contribution < -0.4 is 26.4 Å². The number of nitrogens with zero attached hydrogens (tertiary/aromatic N) is 3. The molecule has 1 saturated heterocycles. The molecule has 2 aromatic carbocycles. The van der Waals surface area contributed by atoms with E-state index in [1.165, 1.54) is 12.1 Å². The third kappa shape index (κ3) is 5.03. The molecule has 4 rings (SSSR count). The standard InChI is InChI=1S/C25H29FN6O2/c1-15-7-8-18(24(33)29-13-17-5-3-4-6-22(17)34-2)14-32(15)23-12-21(30-25(28)31-23)16-9-10-20(27)19(26)11-16/h3-6,9-12,15,18H,7-8,13-14,27H2,1-2H3,(H,29,33)(H2,28,30,31)/t15-,18+/m1/s1. The van der Waals surface area contributed by atoms with Crippen LogP contribution >= 0.6 is 0 Å². The maximum atomic E-state index is 14.0. The van der Waals surface area contributed by atoms with Crippen LogP contribution in [0.2, 0.25) is 0 Å². The Balaban J connectivity index is 1.51. The maximum absolute atomic E-state index is 14.0. The molecule has 0 spiro atoms. The molecule has 1 aliphatic rings. The van der Waals surface area contributed by atoms with E-state index in [1.54, 1.807) is 19.2 Å². The first-order chi connectivity index (χ1) is 16.4. The van der Waals surface area contributed by atoms with E-state index in [2.05, 4.69) is 27.1 Å².